The number of amides is 2. The van der Waals surface area contributed by atoms with Crippen LogP contribution in [0.3, 0.4) is 0 Å². The predicted molar refractivity (Wildman–Crippen MR) is 86.7 cm³/mol. The second-order valence-corrected chi connectivity index (χ2v) is 5.21. The predicted octanol–water partition coefficient (Wildman–Crippen LogP) is 1.55. The quantitative estimate of drug-likeness (QED) is 0.493. The van der Waals surface area contributed by atoms with Crippen LogP contribution >= 0.6 is 0 Å². The number of ether oxygens (including phenoxy) is 1. The highest BCUT2D eigenvalue weighted by Crippen LogP contribution is 2.34. The van der Waals surface area contributed by atoms with Gasteiger partial charge < -0.3 is 15.6 Å². The molecule has 0 spiro atoms. The maximum absolute atomic E-state index is 12.7. The highest BCUT2D eigenvalue weighted by molar-refractivity contribution is 6.37. The Balaban J connectivity index is 2.24. The van der Waals surface area contributed by atoms with Gasteiger partial charge in [-0.05, 0) is 24.3 Å². The van der Waals surface area contributed by atoms with Gasteiger partial charge in [-0.2, -0.15) is 0 Å². The molecule has 8 nitrogen and oxygen atoms in total. The molecular formula is C17H12N2O6. The van der Waals surface area contributed by atoms with Crippen molar-refractivity contribution in [2.24, 2.45) is 0 Å². The van der Waals surface area contributed by atoms with E-state index in [0.29, 0.717) is 4.90 Å². The molecule has 0 saturated carbocycles. The maximum atomic E-state index is 12.7. The van der Waals surface area contributed by atoms with Crippen LogP contribution in [0.4, 0.5) is 11.4 Å². The minimum atomic E-state index is -1.47. The molecule has 0 unspecified atom stereocenters. The zero-order valence-electron chi connectivity index (χ0n) is 13.0. The zero-order valence-corrected chi connectivity index (χ0v) is 13.0. The Morgan fingerprint density at radius 2 is 1.76 bits per heavy atom. The summed E-state index contributed by atoms with van der Waals surface area (Å²) in [4.78, 5) is 49.5. The van der Waals surface area contributed by atoms with Crippen LogP contribution in [0.5, 0.6) is 0 Å². The number of nitrogen functional groups attached to an aromatic ring is 1. The number of carboxylic acids is 1. The Labute approximate surface area is 141 Å². The highest BCUT2D eigenvalue weighted by Gasteiger charge is 2.40. The summed E-state index contributed by atoms with van der Waals surface area (Å²) in [5.74, 6) is -3.82. The van der Waals surface area contributed by atoms with Crippen molar-refractivity contribution in [2.75, 3.05) is 17.7 Å². The van der Waals surface area contributed by atoms with Gasteiger partial charge in [-0.25, -0.2) is 14.5 Å². The summed E-state index contributed by atoms with van der Waals surface area (Å²) in [7, 11) is 1.10. The molecule has 0 atom stereocenters. The number of carbonyl (C=O) groups is 4. The molecule has 0 radical (unpaired) electrons. The minimum Gasteiger partial charge on any atom is -0.478 e. The van der Waals surface area contributed by atoms with E-state index >= 15 is 0 Å². The lowest BCUT2D eigenvalue weighted by molar-refractivity contribution is 0.0582. The number of benzene rings is 2. The lowest BCUT2D eigenvalue weighted by atomic mass is 10.0. The molecule has 1 aliphatic rings. The number of nitrogens with two attached hydrogens (primary N) is 1. The van der Waals surface area contributed by atoms with Gasteiger partial charge >= 0.3 is 11.9 Å². The number of aromatic carboxylic acids is 1. The molecule has 2 amide bonds. The summed E-state index contributed by atoms with van der Waals surface area (Å²) in [6, 6.07) is 8.29. The first-order valence-corrected chi connectivity index (χ1v) is 7.10. The van der Waals surface area contributed by atoms with Gasteiger partial charge in [0.05, 0.1) is 35.1 Å². The second kappa shape index (κ2) is 5.75. The Morgan fingerprint density at radius 1 is 1.08 bits per heavy atom. The first-order chi connectivity index (χ1) is 11.9. The standard InChI is InChI=1S/C17H12N2O6/c1-25-17(24)9-5-3-7-11(13(9)16(22)23)19-14(20)8-4-2-6-10(18)12(8)15(19)21/h2-7H,18H2,1H3,(H,22,23). The molecule has 8 heteroatoms. The van der Waals surface area contributed by atoms with E-state index in [2.05, 4.69) is 4.74 Å². The SMILES string of the molecule is COC(=O)c1cccc(N2C(=O)c3cccc(N)c3C2=O)c1C(=O)O. The average molecular weight is 340 g/mol. The average Bonchev–Trinajstić information content (AvgIpc) is 2.85. The van der Waals surface area contributed by atoms with Crippen LogP contribution in [0.15, 0.2) is 36.4 Å². The maximum Gasteiger partial charge on any atom is 0.338 e. The number of anilines is 2. The van der Waals surface area contributed by atoms with E-state index in [4.69, 9.17) is 5.73 Å². The number of esters is 1. The number of imide groups is 1. The number of methoxy groups -OCH3 is 1. The molecular weight excluding hydrogens is 328 g/mol. The molecule has 0 aromatic heterocycles. The third-order valence-electron chi connectivity index (χ3n) is 3.85. The summed E-state index contributed by atoms with van der Waals surface area (Å²) < 4.78 is 4.57. The molecule has 1 aliphatic heterocycles. The van der Waals surface area contributed by atoms with Gasteiger partial charge in [0.15, 0.2) is 0 Å². The molecule has 3 N–H and O–H groups in total. The highest BCUT2D eigenvalue weighted by atomic mass is 16.5. The molecule has 0 bridgehead atoms. The number of nitrogens with zero attached hydrogens (tertiary/aromatic N) is 1. The van der Waals surface area contributed by atoms with E-state index in [-0.39, 0.29) is 28.1 Å². The Morgan fingerprint density at radius 3 is 2.36 bits per heavy atom. The Bertz CT molecular complexity index is 950. The van der Waals surface area contributed by atoms with Gasteiger partial charge in [0.2, 0.25) is 0 Å². The third-order valence-corrected chi connectivity index (χ3v) is 3.85. The van der Waals surface area contributed by atoms with Crippen LogP contribution in [0.1, 0.15) is 41.4 Å². The van der Waals surface area contributed by atoms with Crippen LogP contribution in [-0.2, 0) is 4.74 Å². The van der Waals surface area contributed by atoms with Crippen molar-refractivity contribution in [3.8, 4) is 0 Å². The molecule has 0 saturated heterocycles. The van der Waals surface area contributed by atoms with Gasteiger partial charge in [-0.3, -0.25) is 9.59 Å². The van der Waals surface area contributed by atoms with Crippen LogP contribution in [0.25, 0.3) is 0 Å². The van der Waals surface area contributed by atoms with Gasteiger partial charge in [-0.1, -0.05) is 12.1 Å². The summed E-state index contributed by atoms with van der Waals surface area (Å²) in [5.41, 5.74) is 4.98. The number of hydrogen-bond acceptors (Lipinski definition) is 6. The van der Waals surface area contributed by atoms with Crippen molar-refractivity contribution >= 4 is 35.1 Å². The molecule has 2 aromatic carbocycles. The van der Waals surface area contributed by atoms with Crippen molar-refractivity contribution in [3.05, 3.63) is 58.7 Å². The van der Waals surface area contributed by atoms with Crippen LogP contribution in [0, 0.1) is 0 Å². The fraction of sp³-hybridized carbons (Fsp3) is 0.0588. The van der Waals surface area contributed by atoms with Crippen LogP contribution < -0.4 is 10.6 Å². The van der Waals surface area contributed by atoms with Gasteiger partial charge in [0, 0.05) is 5.69 Å². The van der Waals surface area contributed by atoms with Crippen molar-refractivity contribution in [3.63, 3.8) is 0 Å². The summed E-state index contributed by atoms with van der Waals surface area (Å²) in [6.45, 7) is 0. The topological polar surface area (TPSA) is 127 Å². The molecule has 25 heavy (non-hydrogen) atoms. The summed E-state index contributed by atoms with van der Waals surface area (Å²) in [5, 5.41) is 9.51. The van der Waals surface area contributed by atoms with E-state index in [1.165, 1.54) is 36.4 Å². The lowest BCUT2D eigenvalue weighted by Crippen LogP contribution is -2.31. The smallest absolute Gasteiger partial charge is 0.338 e. The first-order valence-electron chi connectivity index (χ1n) is 7.10. The summed E-state index contributed by atoms with van der Waals surface area (Å²) in [6.07, 6.45) is 0. The van der Waals surface area contributed by atoms with E-state index < -0.39 is 29.3 Å². The molecule has 0 fully saturated rings. The molecule has 2 aromatic rings. The van der Waals surface area contributed by atoms with Gasteiger partial charge in [0.1, 0.15) is 0 Å². The normalized spacial score (nSPS) is 12.9. The monoisotopic (exact) mass is 340 g/mol. The van der Waals surface area contributed by atoms with E-state index in [0.717, 1.165) is 7.11 Å². The van der Waals surface area contributed by atoms with Gasteiger partial charge in [-0.15, -0.1) is 0 Å². The lowest BCUT2D eigenvalue weighted by Gasteiger charge is -2.18. The van der Waals surface area contributed by atoms with E-state index in [1.54, 1.807) is 0 Å². The van der Waals surface area contributed by atoms with Crippen LogP contribution in [0.2, 0.25) is 0 Å². The number of rotatable bonds is 3. The third kappa shape index (κ3) is 2.31. The molecule has 126 valence electrons. The Kier molecular flexibility index (Phi) is 3.72. The fourth-order valence-corrected chi connectivity index (χ4v) is 2.76. The van der Waals surface area contributed by atoms with Crippen molar-refractivity contribution in [2.45, 2.75) is 0 Å². The van der Waals surface area contributed by atoms with Crippen LogP contribution in [-0.4, -0.2) is 36.0 Å². The van der Waals surface area contributed by atoms with Crippen molar-refractivity contribution in [1.82, 2.24) is 0 Å². The molecule has 1 heterocycles. The number of carboxylic acid groups (broad SMARTS) is 1. The van der Waals surface area contributed by atoms with E-state index in [9.17, 15) is 24.3 Å². The second-order valence-electron chi connectivity index (χ2n) is 5.21. The Hall–Kier alpha value is -3.68. The number of fused-ring (bicyclic) bond motifs is 1. The molecule has 3 rings (SSSR count). The van der Waals surface area contributed by atoms with E-state index in [1.807, 2.05) is 0 Å². The number of carbonyl (C=O) groups excluding carboxylic acids is 3. The number of hydrogen-bond donors (Lipinski definition) is 2. The van der Waals surface area contributed by atoms with Gasteiger partial charge in [0.25, 0.3) is 11.8 Å². The first kappa shape index (κ1) is 16.2. The van der Waals surface area contributed by atoms with Crippen molar-refractivity contribution in [1.29, 1.82) is 0 Å². The largest absolute Gasteiger partial charge is 0.478 e. The zero-order chi connectivity index (χ0) is 18.3. The minimum absolute atomic E-state index is 0.00677. The van der Waals surface area contributed by atoms with Crippen molar-refractivity contribution < 1.29 is 29.0 Å². The molecule has 0 aliphatic carbocycles. The fourth-order valence-electron chi connectivity index (χ4n) is 2.76. The summed E-state index contributed by atoms with van der Waals surface area (Å²) >= 11 is 0.